The second-order valence-corrected chi connectivity index (χ2v) is 3.88. The van der Waals surface area contributed by atoms with Crippen LogP contribution in [0.4, 0.5) is 13.2 Å². The van der Waals surface area contributed by atoms with Gasteiger partial charge in [-0.25, -0.2) is 0 Å². The van der Waals surface area contributed by atoms with Crippen LogP contribution < -0.4 is 5.32 Å². The highest BCUT2D eigenvalue weighted by Gasteiger charge is 2.28. The van der Waals surface area contributed by atoms with Crippen LogP contribution in [0.15, 0.2) is 24.3 Å². The van der Waals surface area contributed by atoms with E-state index in [0.717, 1.165) is 11.1 Å². The molecule has 1 aromatic carbocycles. The second kappa shape index (κ2) is 6.02. The van der Waals surface area contributed by atoms with Crippen LogP contribution >= 0.6 is 0 Å². The molecule has 96 valence electrons. The van der Waals surface area contributed by atoms with Gasteiger partial charge < -0.3 is 5.32 Å². The average molecular weight is 247 g/mol. The van der Waals surface area contributed by atoms with Crippen LogP contribution in [0.1, 0.15) is 24.1 Å². The highest BCUT2D eigenvalue weighted by molar-refractivity contribution is 5.23. The van der Waals surface area contributed by atoms with Gasteiger partial charge >= 0.3 is 6.36 Å². The lowest BCUT2D eigenvalue weighted by Gasteiger charge is -2.15. The molecule has 0 aliphatic rings. The number of benzene rings is 1. The molecule has 0 fully saturated rings. The molecule has 0 aromatic heterocycles. The summed E-state index contributed by atoms with van der Waals surface area (Å²) in [7, 11) is 0. The Hall–Kier alpha value is -1.07. The van der Waals surface area contributed by atoms with Gasteiger partial charge in [-0.2, -0.15) is 0 Å². The lowest BCUT2D eigenvalue weighted by Crippen LogP contribution is -2.26. The number of halogens is 3. The van der Waals surface area contributed by atoms with E-state index in [1.54, 1.807) is 0 Å². The van der Waals surface area contributed by atoms with E-state index in [1.165, 1.54) is 0 Å². The van der Waals surface area contributed by atoms with Gasteiger partial charge in [0.15, 0.2) is 0 Å². The first-order valence-corrected chi connectivity index (χ1v) is 5.39. The Balaban J connectivity index is 2.30. The molecule has 5 heteroatoms. The van der Waals surface area contributed by atoms with Crippen molar-refractivity contribution in [2.24, 2.45) is 0 Å². The molecule has 1 atom stereocenters. The molecule has 0 bridgehead atoms. The molecule has 0 aliphatic carbocycles. The van der Waals surface area contributed by atoms with Crippen LogP contribution in [-0.2, 0) is 4.74 Å². The zero-order valence-electron chi connectivity index (χ0n) is 9.84. The minimum absolute atomic E-state index is 0.00688. The molecule has 1 unspecified atom stereocenters. The fraction of sp³-hybridized carbons (Fsp3) is 0.500. The fourth-order valence-electron chi connectivity index (χ4n) is 1.42. The monoisotopic (exact) mass is 247 g/mol. The Morgan fingerprint density at radius 3 is 2.35 bits per heavy atom. The third kappa shape index (κ3) is 5.70. The zero-order valence-corrected chi connectivity index (χ0v) is 9.84. The normalized spacial score (nSPS) is 13.7. The summed E-state index contributed by atoms with van der Waals surface area (Å²) in [6, 6.07) is 7.86. The summed E-state index contributed by atoms with van der Waals surface area (Å²) in [6.07, 6.45) is -4.55. The van der Waals surface area contributed by atoms with Crippen molar-refractivity contribution in [2.45, 2.75) is 26.3 Å². The topological polar surface area (TPSA) is 21.3 Å². The van der Waals surface area contributed by atoms with Crippen LogP contribution in [-0.4, -0.2) is 19.5 Å². The maximum atomic E-state index is 11.7. The van der Waals surface area contributed by atoms with E-state index in [0.29, 0.717) is 0 Å². The summed E-state index contributed by atoms with van der Waals surface area (Å²) >= 11 is 0. The molecule has 1 N–H and O–H groups in total. The smallest absolute Gasteiger partial charge is 0.308 e. The van der Waals surface area contributed by atoms with Crippen molar-refractivity contribution in [1.29, 1.82) is 0 Å². The first-order valence-electron chi connectivity index (χ1n) is 5.39. The van der Waals surface area contributed by atoms with Crippen molar-refractivity contribution in [3.63, 3.8) is 0 Å². The van der Waals surface area contributed by atoms with Crippen molar-refractivity contribution in [1.82, 2.24) is 5.32 Å². The van der Waals surface area contributed by atoms with E-state index in [1.807, 2.05) is 38.1 Å². The predicted octanol–water partition coefficient (Wildman–Crippen LogP) is 3.18. The number of hydrogen-bond donors (Lipinski definition) is 1. The van der Waals surface area contributed by atoms with Gasteiger partial charge in [0.25, 0.3) is 0 Å². The van der Waals surface area contributed by atoms with Gasteiger partial charge in [-0.05, 0) is 19.4 Å². The molecule has 0 spiro atoms. The SMILES string of the molecule is Cc1ccc(C(C)NCCOC(F)(F)F)cc1. The Labute approximate surface area is 98.8 Å². The summed E-state index contributed by atoms with van der Waals surface area (Å²) in [6.45, 7) is 3.67. The van der Waals surface area contributed by atoms with E-state index in [2.05, 4.69) is 10.1 Å². The summed E-state index contributed by atoms with van der Waals surface area (Å²) in [5.74, 6) is 0. The predicted molar refractivity (Wildman–Crippen MR) is 59.6 cm³/mol. The largest absolute Gasteiger partial charge is 0.522 e. The third-order valence-corrected chi connectivity index (χ3v) is 2.40. The van der Waals surface area contributed by atoms with E-state index in [9.17, 15) is 13.2 Å². The Morgan fingerprint density at radius 1 is 1.24 bits per heavy atom. The summed E-state index contributed by atoms with van der Waals surface area (Å²) in [5, 5.41) is 2.97. The molecule has 17 heavy (non-hydrogen) atoms. The fourth-order valence-corrected chi connectivity index (χ4v) is 1.42. The lowest BCUT2D eigenvalue weighted by atomic mass is 10.1. The summed E-state index contributed by atoms with van der Waals surface area (Å²) in [4.78, 5) is 0. The molecule has 0 saturated heterocycles. The van der Waals surface area contributed by atoms with Gasteiger partial charge in [0, 0.05) is 12.6 Å². The van der Waals surface area contributed by atoms with Crippen LogP contribution in [0.25, 0.3) is 0 Å². The third-order valence-electron chi connectivity index (χ3n) is 2.40. The minimum Gasteiger partial charge on any atom is -0.308 e. The van der Waals surface area contributed by atoms with E-state index in [4.69, 9.17) is 0 Å². The number of alkyl halides is 3. The summed E-state index contributed by atoms with van der Waals surface area (Å²) in [5.41, 5.74) is 2.20. The highest BCUT2D eigenvalue weighted by atomic mass is 19.4. The van der Waals surface area contributed by atoms with Gasteiger partial charge in [-0.1, -0.05) is 29.8 Å². The Bertz CT molecular complexity index is 335. The molecular formula is C12H16F3NO. The Kier molecular flexibility index (Phi) is 4.96. The zero-order chi connectivity index (χ0) is 12.9. The molecule has 2 nitrogen and oxygen atoms in total. The standard InChI is InChI=1S/C12H16F3NO/c1-9-3-5-11(6-4-9)10(2)16-7-8-17-12(13,14)15/h3-6,10,16H,7-8H2,1-2H3. The Morgan fingerprint density at radius 2 is 1.82 bits per heavy atom. The molecule has 0 saturated carbocycles. The number of rotatable bonds is 5. The molecule has 0 aliphatic heterocycles. The van der Waals surface area contributed by atoms with E-state index in [-0.39, 0.29) is 19.2 Å². The quantitative estimate of drug-likeness (QED) is 0.807. The van der Waals surface area contributed by atoms with Crippen LogP contribution in [0, 0.1) is 6.92 Å². The van der Waals surface area contributed by atoms with Gasteiger partial charge in [-0.3, -0.25) is 4.74 Å². The van der Waals surface area contributed by atoms with Gasteiger partial charge in [0.2, 0.25) is 0 Å². The van der Waals surface area contributed by atoms with Crippen molar-refractivity contribution in [2.75, 3.05) is 13.2 Å². The van der Waals surface area contributed by atoms with Crippen LogP contribution in [0.2, 0.25) is 0 Å². The number of aryl methyl sites for hydroxylation is 1. The van der Waals surface area contributed by atoms with Gasteiger partial charge in [0.05, 0.1) is 6.61 Å². The van der Waals surface area contributed by atoms with Crippen LogP contribution in [0.5, 0.6) is 0 Å². The maximum absolute atomic E-state index is 11.7. The lowest BCUT2D eigenvalue weighted by molar-refractivity contribution is -0.323. The van der Waals surface area contributed by atoms with Gasteiger partial charge in [0.1, 0.15) is 0 Å². The first-order chi connectivity index (χ1) is 7.88. The van der Waals surface area contributed by atoms with E-state index < -0.39 is 6.36 Å². The number of ether oxygens (including phenoxy) is 1. The highest BCUT2D eigenvalue weighted by Crippen LogP contribution is 2.16. The summed E-state index contributed by atoms with van der Waals surface area (Å²) < 4.78 is 38.8. The van der Waals surface area contributed by atoms with Crippen molar-refractivity contribution >= 4 is 0 Å². The van der Waals surface area contributed by atoms with Crippen LogP contribution in [0.3, 0.4) is 0 Å². The average Bonchev–Trinajstić information content (AvgIpc) is 2.24. The maximum Gasteiger partial charge on any atom is 0.522 e. The van der Waals surface area contributed by atoms with E-state index >= 15 is 0 Å². The number of nitrogens with one attached hydrogen (secondary N) is 1. The van der Waals surface area contributed by atoms with Crippen molar-refractivity contribution in [3.05, 3.63) is 35.4 Å². The molecule has 0 amide bonds. The van der Waals surface area contributed by atoms with Crippen molar-refractivity contribution < 1.29 is 17.9 Å². The van der Waals surface area contributed by atoms with Crippen molar-refractivity contribution in [3.8, 4) is 0 Å². The minimum atomic E-state index is -4.55. The molecule has 0 heterocycles. The molecule has 1 aromatic rings. The molecular weight excluding hydrogens is 231 g/mol. The van der Waals surface area contributed by atoms with Gasteiger partial charge in [-0.15, -0.1) is 13.2 Å². The number of hydrogen-bond acceptors (Lipinski definition) is 2. The second-order valence-electron chi connectivity index (χ2n) is 3.88. The molecule has 1 rings (SSSR count). The first kappa shape index (κ1) is 14.0. The molecule has 0 radical (unpaired) electrons.